The number of pyridine rings is 1. The molecule has 216 valence electrons. The Morgan fingerprint density at radius 1 is 0.435 bits per heavy atom. The molecule has 2 heterocycles. The van der Waals surface area contributed by atoms with E-state index in [-0.39, 0.29) is 0 Å². The third kappa shape index (κ3) is 4.33. The van der Waals surface area contributed by atoms with Gasteiger partial charge in [-0.3, -0.25) is 4.90 Å². The predicted molar refractivity (Wildman–Crippen MR) is 192 cm³/mol. The van der Waals surface area contributed by atoms with Crippen LogP contribution in [0.2, 0.25) is 0 Å². The van der Waals surface area contributed by atoms with Crippen LogP contribution in [0.25, 0.3) is 65.9 Å². The smallest absolute Gasteiger partial charge is 0.229 e. The van der Waals surface area contributed by atoms with E-state index in [0.29, 0.717) is 5.71 Å². The largest absolute Gasteiger partial charge is 0.437 e. The maximum absolute atomic E-state index is 6.56. The fourth-order valence-electron chi connectivity index (χ4n) is 6.71. The summed E-state index contributed by atoms with van der Waals surface area (Å²) < 4.78 is 6.56. The molecule has 3 heteroatoms. The fraction of sp³-hybridized carbons (Fsp3) is 0. The first-order valence-electron chi connectivity index (χ1n) is 15.6. The van der Waals surface area contributed by atoms with Crippen LogP contribution in [0.5, 0.6) is 0 Å². The molecule has 0 fully saturated rings. The molecule has 0 unspecified atom stereocenters. The second kappa shape index (κ2) is 10.8. The fourth-order valence-corrected chi connectivity index (χ4v) is 6.71. The summed E-state index contributed by atoms with van der Waals surface area (Å²) in [7, 11) is 0. The number of benzene rings is 7. The molecule has 0 saturated heterocycles. The highest BCUT2D eigenvalue weighted by molar-refractivity contribution is 6.14. The predicted octanol–water partition coefficient (Wildman–Crippen LogP) is 12.1. The molecule has 9 aromatic rings. The van der Waals surface area contributed by atoms with Crippen molar-refractivity contribution >= 4 is 60.8 Å². The van der Waals surface area contributed by atoms with Crippen LogP contribution in [-0.4, -0.2) is 4.98 Å². The van der Waals surface area contributed by atoms with Crippen molar-refractivity contribution in [3.63, 3.8) is 0 Å². The van der Waals surface area contributed by atoms with Crippen LogP contribution in [0.4, 0.5) is 17.2 Å². The Kier molecular flexibility index (Phi) is 6.14. The average molecular weight is 589 g/mol. The Morgan fingerprint density at radius 2 is 1.09 bits per heavy atom. The molecule has 9 rings (SSSR count). The number of fused-ring (bicyclic) bond motifs is 6. The van der Waals surface area contributed by atoms with Gasteiger partial charge in [-0.2, -0.15) is 4.98 Å². The highest BCUT2D eigenvalue weighted by Crippen LogP contribution is 2.44. The quantitative estimate of drug-likeness (QED) is 0.200. The minimum atomic E-state index is 0.621. The molecule has 0 aliphatic rings. The molecule has 3 nitrogen and oxygen atoms in total. The normalized spacial score (nSPS) is 11.5. The van der Waals surface area contributed by atoms with Gasteiger partial charge in [0.25, 0.3) is 0 Å². The maximum Gasteiger partial charge on any atom is 0.229 e. The SMILES string of the molecule is c1ccc(-c2cccc(N(c3ccc4c(n3)oc3c5ccccc5ccc43)c3ccccc3-c3cccc4ccccc34)c2)cc1. The Hall–Kier alpha value is -6.19. The van der Waals surface area contributed by atoms with Crippen molar-refractivity contribution < 1.29 is 4.42 Å². The van der Waals surface area contributed by atoms with Gasteiger partial charge in [0.05, 0.1) is 5.69 Å². The van der Waals surface area contributed by atoms with Gasteiger partial charge in [0.2, 0.25) is 5.71 Å². The van der Waals surface area contributed by atoms with E-state index in [1.165, 1.54) is 21.9 Å². The highest BCUT2D eigenvalue weighted by atomic mass is 16.3. The number of hydrogen-bond donors (Lipinski definition) is 0. The summed E-state index contributed by atoms with van der Waals surface area (Å²) in [6, 6.07) is 59.8. The first-order chi connectivity index (χ1) is 22.8. The molecule has 0 aliphatic carbocycles. The van der Waals surface area contributed by atoms with Gasteiger partial charge in [0, 0.05) is 27.4 Å². The number of rotatable bonds is 5. The molecule has 46 heavy (non-hydrogen) atoms. The Labute approximate surface area is 266 Å². The van der Waals surface area contributed by atoms with E-state index in [1.54, 1.807) is 0 Å². The monoisotopic (exact) mass is 588 g/mol. The number of nitrogens with zero attached hydrogens (tertiary/aromatic N) is 2. The molecule has 0 amide bonds. The van der Waals surface area contributed by atoms with E-state index in [1.807, 2.05) is 0 Å². The summed E-state index contributed by atoms with van der Waals surface area (Å²) in [5.74, 6) is 0.786. The molecule has 0 bridgehead atoms. The topological polar surface area (TPSA) is 29.3 Å². The average Bonchev–Trinajstić information content (AvgIpc) is 3.51. The van der Waals surface area contributed by atoms with Crippen LogP contribution in [0.3, 0.4) is 0 Å². The lowest BCUT2D eigenvalue weighted by atomic mass is 9.96. The zero-order valence-electron chi connectivity index (χ0n) is 25.0. The van der Waals surface area contributed by atoms with Crippen LogP contribution in [-0.2, 0) is 0 Å². The van der Waals surface area contributed by atoms with Gasteiger partial charge in [-0.15, -0.1) is 0 Å². The lowest BCUT2D eigenvalue weighted by molar-refractivity contribution is 0.658. The zero-order valence-corrected chi connectivity index (χ0v) is 25.0. The summed E-state index contributed by atoms with van der Waals surface area (Å²) in [5, 5.41) is 6.74. The maximum atomic E-state index is 6.56. The van der Waals surface area contributed by atoms with Crippen molar-refractivity contribution in [3.05, 3.63) is 170 Å². The molecule has 0 N–H and O–H groups in total. The molecule has 0 radical (unpaired) electrons. The van der Waals surface area contributed by atoms with Crippen molar-refractivity contribution in [2.45, 2.75) is 0 Å². The molecular formula is C43H28N2O. The molecular weight excluding hydrogens is 560 g/mol. The van der Waals surface area contributed by atoms with Gasteiger partial charge in [-0.1, -0.05) is 133 Å². The standard InChI is InChI=1S/C43H28N2O/c1-2-12-29(13-3-1)32-17-10-18-33(28-32)45(40-23-9-8-21-37(40)36-22-11-16-30-14-4-6-19-34(30)36)41-27-26-39-38-25-24-31-15-5-7-20-35(31)42(38)46-43(39)44-41/h1-28H. The van der Waals surface area contributed by atoms with E-state index in [4.69, 9.17) is 9.40 Å². The Balaban J connectivity index is 1.29. The van der Waals surface area contributed by atoms with Gasteiger partial charge >= 0.3 is 0 Å². The van der Waals surface area contributed by atoms with Crippen LogP contribution in [0.15, 0.2) is 174 Å². The van der Waals surface area contributed by atoms with E-state index < -0.39 is 0 Å². The summed E-state index contributed by atoms with van der Waals surface area (Å²) >= 11 is 0. The van der Waals surface area contributed by atoms with E-state index in [0.717, 1.165) is 55.4 Å². The lowest BCUT2D eigenvalue weighted by Crippen LogP contribution is -2.13. The minimum Gasteiger partial charge on any atom is -0.437 e. The van der Waals surface area contributed by atoms with Crippen molar-refractivity contribution in [3.8, 4) is 22.3 Å². The molecule has 2 aromatic heterocycles. The van der Waals surface area contributed by atoms with Gasteiger partial charge in [0.1, 0.15) is 11.4 Å². The molecule has 0 saturated carbocycles. The second-order valence-electron chi connectivity index (χ2n) is 11.6. The lowest BCUT2D eigenvalue weighted by Gasteiger charge is -2.27. The molecule has 0 atom stereocenters. The first-order valence-corrected chi connectivity index (χ1v) is 15.6. The third-order valence-electron chi connectivity index (χ3n) is 8.88. The number of anilines is 3. The van der Waals surface area contributed by atoms with Gasteiger partial charge in [-0.25, -0.2) is 0 Å². The van der Waals surface area contributed by atoms with E-state index in [9.17, 15) is 0 Å². The number of aromatic nitrogens is 1. The molecule has 0 aliphatic heterocycles. The Bertz CT molecular complexity index is 2540. The van der Waals surface area contributed by atoms with Gasteiger partial charge in [-0.05, 0) is 69.2 Å². The number of furan rings is 1. The second-order valence-corrected chi connectivity index (χ2v) is 11.6. The van der Waals surface area contributed by atoms with Crippen LogP contribution in [0.1, 0.15) is 0 Å². The van der Waals surface area contributed by atoms with Crippen molar-refractivity contribution in [1.82, 2.24) is 4.98 Å². The molecule has 7 aromatic carbocycles. The summed E-state index contributed by atoms with van der Waals surface area (Å²) in [6.45, 7) is 0. The highest BCUT2D eigenvalue weighted by Gasteiger charge is 2.21. The number of hydrogen-bond acceptors (Lipinski definition) is 3. The summed E-state index contributed by atoms with van der Waals surface area (Å²) in [4.78, 5) is 7.49. The van der Waals surface area contributed by atoms with E-state index >= 15 is 0 Å². The van der Waals surface area contributed by atoms with Gasteiger partial charge in [0.15, 0.2) is 0 Å². The van der Waals surface area contributed by atoms with E-state index in [2.05, 4.69) is 175 Å². The van der Waals surface area contributed by atoms with Gasteiger partial charge < -0.3 is 4.42 Å². The summed E-state index contributed by atoms with van der Waals surface area (Å²) in [6.07, 6.45) is 0. The van der Waals surface area contributed by atoms with Crippen molar-refractivity contribution in [2.24, 2.45) is 0 Å². The Morgan fingerprint density at radius 3 is 1.98 bits per heavy atom. The van der Waals surface area contributed by atoms with Crippen LogP contribution < -0.4 is 4.90 Å². The van der Waals surface area contributed by atoms with Crippen LogP contribution in [0, 0.1) is 0 Å². The third-order valence-corrected chi connectivity index (χ3v) is 8.88. The number of para-hydroxylation sites is 1. The summed E-state index contributed by atoms with van der Waals surface area (Å²) in [5.41, 5.74) is 8.15. The van der Waals surface area contributed by atoms with Crippen molar-refractivity contribution in [1.29, 1.82) is 0 Å². The molecule has 0 spiro atoms. The van der Waals surface area contributed by atoms with Crippen LogP contribution >= 0.6 is 0 Å². The zero-order chi connectivity index (χ0) is 30.5. The minimum absolute atomic E-state index is 0.621. The van der Waals surface area contributed by atoms with Crippen molar-refractivity contribution in [2.75, 3.05) is 4.90 Å². The first kappa shape index (κ1) is 26.2.